The van der Waals surface area contributed by atoms with Crippen LogP contribution in [0.15, 0.2) is 48.5 Å². The summed E-state index contributed by atoms with van der Waals surface area (Å²) in [6, 6.07) is 13.5. The van der Waals surface area contributed by atoms with Crippen LogP contribution >= 0.6 is 11.6 Å². The number of amides is 1. The lowest BCUT2D eigenvalue weighted by Crippen LogP contribution is -2.47. The molecule has 1 saturated heterocycles. The summed E-state index contributed by atoms with van der Waals surface area (Å²) in [5, 5.41) is 3.33. The first-order valence-corrected chi connectivity index (χ1v) is 8.96. The van der Waals surface area contributed by atoms with Gasteiger partial charge in [0, 0.05) is 29.2 Å². The van der Waals surface area contributed by atoms with Crippen LogP contribution in [0.1, 0.15) is 22.8 Å². The van der Waals surface area contributed by atoms with E-state index in [2.05, 4.69) is 10.2 Å². The molecule has 0 spiro atoms. The predicted molar refractivity (Wildman–Crippen MR) is 102 cm³/mol. The van der Waals surface area contributed by atoms with Gasteiger partial charge in [-0.2, -0.15) is 0 Å². The molecule has 1 amide bonds. The van der Waals surface area contributed by atoms with Gasteiger partial charge in [0.1, 0.15) is 0 Å². The summed E-state index contributed by atoms with van der Waals surface area (Å²) in [7, 11) is 0. The number of anilines is 1. The minimum atomic E-state index is -0.311. The van der Waals surface area contributed by atoms with Crippen LogP contribution in [0.4, 0.5) is 5.69 Å². The molecular weight excluding hydrogens is 352 g/mol. The summed E-state index contributed by atoms with van der Waals surface area (Å²) < 4.78 is 5.33. The number of morpholine rings is 1. The molecule has 0 saturated carbocycles. The summed E-state index contributed by atoms with van der Waals surface area (Å²) in [5.41, 5.74) is 1.39. The lowest BCUT2D eigenvalue weighted by Gasteiger charge is -2.31. The number of carbonyl (C=O) groups is 2. The standard InChI is InChI=1S/C20H21ClN2O3/c1-14(23-9-11-26-12-10-23)20(25)22-18-8-7-16(21)13-17(18)19(24)15-5-3-2-4-6-15/h2-8,13-14H,9-12H2,1H3,(H,22,25). The second-order valence-electron chi connectivity index (χ2n) is 6.20. The number of benzene rings is 2. The number of hydrogen-bond donors (Lipinski definition) is 1. The first-order chi connectivity index (χ1) is 12.6. The first kappa shape index (κ1) is 18.6. The Morgan fingerprint density at radius 1 is 1.12 bits per heavy atom. The molecule has 2 aromatic rings. The van der Waals surface area contributed by atoms with E-state index in [0.29, 0.717) is 48.1 Å². The fourth-order valence-electron chi connectivity index (χ4n) is 2.93. The van der Waals surface area contributed by atoms with Crippen molar-refractivity contribution in [2.75, 3.05) is 31.6 Å². The molecule has 0 aromatic heterocycles. The van der Waals surface area contributed by atoms with E-state index in [1.165, 1.54) is 0 Å². The molecule has 26 heavy (non-hydrogen) atoms. The van der Waals surface area contributed by atoms with Crippen LogP contribution in [0.2, 0.25) is 5.02 Å². The van der Waals surface area contributed by atoms with Gasteiger partial charge in [0.15, 0.2) is 5.78 Å². The quantitative estimate of drug-likeness (QED) is 0.819. The van der Waals surface area contributed by atoms with Crippen molar-refractivity contribution in [2.45, 2.75) is 13.0 Å². The van der Waals surface area contributed by atoms with Crippen LogP contribution in [-0.2, 0) is 9.53 Å². The number of carbonyl (C=O) groups excluding carboxylic acids is 2. The van der Waals surface area contributed by atoms with Crippen molar-refractivity contribution in [1.82, 2.24) is 4.90 Å². The topological polar surface area (TPSA) is 58.6 Å². The minimum absolute atomic E-state index is 0.156. The molecule has 5 nitrogen and oxygen atoms in total. The Labute approximate surface area is 157 Å². The maximum absolute atomic E-state index is 12.8. The van der Waals surface area contributed by atoms with Crippen LogP contribution in [0, 0.1) is 0 Å². The number of ether oxygens (including phenoxy) is 1. The predicted octanol–water partition coefficient (Wildman–Crippen LogP) is 3.23. The number of ketones is 1. The molecule has 6 heteroatoms. The lowest BCUT2D eigenvalue weighted by molar-refractivity contribution is -0.122. The van der Waals surface area contributed by atoms with Crippen LogP contribution in [0.25, 0.3) is 0 Å². The van der Waals surface area contributed by atoms with Crippen LogP contribution in [0.5, 0.6) is 0 Å². The van der Waals surface area contributed by atoms with Crippen LogP contribution < -0.4 is 5.32 Å². The third kappa shape index (κ3) is 4.30. The van der Waals surface area contributed by atoms with Crippen molar-refractivity contribution in [3.63, 3.8) is 0 Å². The van der Waals surface area contributed by atoms with E-state index in [1.54, 1.807) is 42.5 Å². The van der Waals surface area contributed by atoms with Crippen LogP contribution in [0.3, 0.4) is 0 Å². The maximum Gasteiger partial charge on any atom is 0.241 e. The molecule has 1 aliphatic rings. The van der Waals surface area contributed by atoms with Crippen molar-refractivity contribution in [1.29, 1.82) is 0 Å². The van der Waals surface area contributed by atoms with Gasteiger partial charge in [-0.05, 0) is 25.1 Å². The lowest BCUT2D eigenvalue weighted by atomic mass is 10.0. The zero-order valence-electron chi connectivity index (χ0n) is 14.6. The number of hydrogen-bond acceptors (Lipinski definition) is 4. The summed E-state index contributed by atoms with van der Waals surface area (Å²) in [6.07, 6.45) is 0. The highest BCUT2D eigenvalue weighted by Crippen LogP contribution is 2.24. The molecule has 0 bridgehead atoms. The Bertz CT molecular complexity index is 789. The summed E-state index contributed by atoms with van der Waals surface area (Å²) in [6.45, 7) is 4.53. The molecule has 2 aromatic carbocycles. The fourth-order valence-corrected chi connectivity index (χ4v) is 3.10. The summed E-state index contributed by atoms with van der Waals surface area (Å²) in [4.78, 5) is 27.6. The van der Waals surface area contributed by atoms with Gasteiger partial charge in [-0.15, -0.1) is 0 Å². The third-order valence-corrected chi connectivity index (χ3v) is 4.73. The highest BCUT2D eigenvalue weighted by atomic mass is 35.5. The molecule has 0 aliphatic carbocycles. The molecule has 1 N–H and O–H groups in total. The Balaban J connectivity index is 1.81. The van der Waals surface area contributed by atoms with Crippen molar-refractivity contribution in [3.05, 3.63) is 64.7 Å². The van der Waals surface area contributed by atoms with Gasteiger partial charge in [0.2, 0.25) is 5.91 Å². The van der Waals surface area contributed by atoms with Crippen molar-refractivity contribution in [2.24, 2.45) is 0 Å². The van der Waals surface area contributed by atoms with Crippen molar-refractivity contribution >= 4 is 29.0 Å². The molecule has 1 unspecified atom stereocenters. The van der Waals surface area contributed by atoms with Gasteiger partial charge in [-0.1, -0.05) is 41.9 Å². The smallest absolute Gasteiger partial charge is 0.241 e. The molecule has 0 radical (unpaired) electrons. The zero-order chi connectivity index (χ0) is 18.5. The summed E-state index contributed by atoms with van der Waals surface area (Å²) in [5.74, 6) is -0.334. The van der Waals surface area contributed by atoms with E-state index < -0.39 is 0 Å². The zero-order valence-corrected chi connectivity index (χ0v) is 15.3. The van der Waals surface area contributed by atoms with Crippen LogP contribution in [-0.4, -0.2) is 48.9 Å². The number of nitrogens with zero attached hydrogens (tertiary/aromatic N) is 1. The molecule has 136 valence electrons. The Kier molecular flexibility index (Phi) is 6.04. The number of rotatable bonds is 5. The second kappa shape index (κ2) is 8.45. The second-order valence-corrected chi connectivity index (χ2v) is 6.64. The van der Waals surface area contributed by atoms with Crippen molar-refractivity contribution in [3.8, 4) is 0 Å². The molecule has 1 fully saturated rings. The average molecular weight is 373 g/mol. The van der Waals surface area contributed by atoms with E-state index in [0.717, 1.165) is 0 Å². The van der Waals surface area contributed by atoms with E-state index in [4.69, 9.17) is 16.3 Å². The van der Waals surface area contributed by atoms with Gasteiger partial charge >= 0.3 is 0 Å². The Morgan fingerprint density at radius 3 is 2.50 bits per heavy atom. The minimum Gasteiger partial charge on any atom is -0.379 e. The van der Waals surface area contributed by atoms with Gasteiger partial charge in [0.05, 0.1) is 24.9 Å². The third-order valence-electron chi connectivity index (χ3n) is 4.49. The van der Waals surface area contributed by atoms with Gasteiger partial charge < -0.3 is 10.1 Å². The van der Waals surface area contributed by atoms with Gasteiger partial charge in [-0.3, -0.25) is 14.5 Å². The first-order valence-electron chi connectivity index (χ1n) is 8.58. The normalized spacial score (nSPS) is 16.1. The van der Waals surface area contributed by atoms with Gasteiger partial charge in [0.25, 0.3) is 0 Å². The Morgan fingerprint density at radius 2 is 1.81 bits per heavy atom. The van der Waals surface area contributed by atoms with E-state index in [1.807, 2.05) is 13.0 Å². The summed E-state index contributed by atoms with van der Waals surface area (Å²) >= 11 is 6.08. The SMILES string of the molecule is CC(C(=O)Nc1ccc(Cl)cc1C(=O)c1ccccc1)N1CCOCC1. The largest absolute Gasteiger partial charge is 0.379 e. The highest BCUT2D eigenvalue weighted by Gasteiger charge is 2.24. The number of halogens is 1. The average Bonchev–Trinajstić information content (AvgIpc) is 2.69. The Hall–Kier alpha value is -2.21. The monoisotopic (exact) mass is 372 g/mol. The molecule has 3 rings (SSSR count). The number of nitrogens with one attached hydrogen (secondary N) is 1. The molecule has 1 aliphatic heterocycles. The van der Waals surface area contributed by atoms with E-state index in [-0.39, 0.29) is 17.7 Å². The molecule has 1 atom stereocenters. The van der Waals surface area contributed by atoms with E-state index >= 15 is 0 Å². The fraction of sp³-hybridized carbons (Fsp3) is 0.300. The molecule has 1 heterocycles. The van der Waals surface area contributed by atoms with Crippen molar-refractivity contribution < 1.29 is 14.3 Å². The highest BCUT2D eigenvalue weighted by molar-refractivity contribution is 6.31. The van der Waals surface area contributed by atoms with E-state index in [9.17, 15) is 9.59 Å². The molecular formula is C20H21ClN2O3. The maximum atomic E-state index is 12.8. The van der Waals surface area contributed by atoms with Gasteiger partial charge in [-0.25, -0.2) is 0 Å².